The summed E-state index contributed by atoms with van der Waals surface area (Å²) in [4.78, 5) is 2.31. The van der Waals surface area contributed by atoms with Crippen molar-refractivity contribution in [1.29, 1.82) is 5.41 Å². The zero-order valence-corrected chi connectivity index (χ0v) is 11.6. The third-order valence-electron chi connectivity index (χ3n) is 2.95. The Morgan fingerprint density at radius 1 is 1.32 bits per heavy atom. The summed E-state index contributed by atoms with van der Waals surface area (Å²) in [5, 5.41) is 7.48. The molecule has 1 aromatic carbocycles. The molecule has 5 nitrogen and oxygen atoms in total. The third kappa shape index (κ3) is 4.70. The van der Waals surface area contributed by atoms with E-state index in [0.717, 1.165) is 32.8 Å². The van der Waals surface area contributed by atoms with Crippen LogP contribution in [0.25, 0.3) is 0 Å². The number of nitrogen functional groups attached to an aromatic ring is 1. The van der Waals surface area contributed by atoms with E-state index in [1.807, 2.05) is 18.2 Å². The molecule has 1 fully saturated rings. The first-order chi connectivity index (χ1) is 8.77. The number of nitrogens with two attached hydrogens (primary N) is 1. The Bertz CT molecular complexity index is 409. The van der Waals surface area contributed by atoms with E-state index in [0.29, 0.717) is 17.9 Å². The normalized spacial score (nSPS) is 15.6. The minimum absolute atomic E-state index is 0. The summed E-state index contributed by atoms with van der Waals surface area (Å²) >= 11 is 0. The molecule has 0 aliphatic carbocycles. The molecule has 0 spiro atoms. The molecule has 6 heteroatoms. The summed E-state index contributed by atoms with van der Waals surface area (Å²) in [7, 11) is 0. The van der Waals surface area contributed by atoms with Crippen LogP contribution in [0.2, 0.25) is 0 Å². The van der Waals surface area contributed by atoms with Gasteiger partial charge in [0.05, 0.1) is 18.8 Å². The predicted octanol–water partition coefficient (Wildman–Crippen LogP) is 1.10. The predicted molar refractivity (Wildman–Crippen MR) is 77.5 cm³/mol. The highest BCUT2D eigenvalue weighted by Gasteiger charge is 2.10. The lowest BCUT2D eigenvalue weighted by Crippen LogP contribution is -2.38. The van der Waals surface area contributed by atoms with Crippen LogP contribution in [0, 0.1) is 5.41 Å². The lowest BCUT2D eigenvalue weighted by molar-refractivity contribution is 0.0322. The molecular formula is C13H20ClN3O2. The minimum atomic E-state index is 0. The van der Waals surface area contributed by atoms with Gasteiger partial charge in [-0.1, -0.05) is 12.1 Å². The average Bonchev–Trinajstić information content (AvgIpc) is 2.40. The van der Waals surface area contributed by atoms with Crippen molar-refractivity contribution < 1.29 is 9.47 Å². The first kappa shape index (κ1) is 15.8. The standard InChI is InChI=1S/C13H19N3O2.ClH/c14-13(15)11-3-1-2-4-12(11)18-10-7-16-5-8-17-9-6-16;/h1-4H,5-10H2,(H3,14,15);1H. The van der Waals surface area contributed by atoms with Gasteiger partial charge in [-0.3, -0.25) is 10.3 Å². The number of ether oxygens (including phenoxy) is 2. The molecule has 0 aromatic heterocycles. The molecule has 0 atom stereocenters. The summed E-state index contributed by atoms with van der Waals surface area (Å²) in [6.07, 6.45) is 0. The molecule has 2 rings (SSSR count). The molecule has 0 saturated carbocycles. The quantitative estimate of drug-likeness (QED) is 0.628. The van der Waals surface area contributed by atoms with Crippen molar-refractivity contribution in [2.45, 2.75) is 0 Å². The van der Waals surface area contributed by atoms with Crippen molar-refractivity contribution in [2.75, 3.05) is 39.5 Å². The SMILES string of the molecule is Cl.N=C(N)c1ccccc1OCCN1CCOCC1. The van der Waals surface area contributed by atoms with Gasteiger partial charge in [-0.15, -0.1) is 12.4 Å². The number of para-hydroxylation sites is 1. The highest BCUT2D eigenvalue weighted by atomic mass is 35.5. The van der Waals surface area contributed by atoms with Gasteiger partial charge in [0, 0.05) is 19.6 Å². The Morgan fingerprint density at radius 3 is 2.68 bits per heavy atom. The van der Waals surface area contributed by atoms with Crippen molar-refractivity contribution in [3.8, 4) is 5.75 Å². The summed E-state index contributed by atoms with van der Waals surface area (Å²) in [6, 6.07) is 7.38. The maximum atomic E-state index is 7.48. The third-order valence-corrected chi connectivity index (χ3v) is 2.95. The molecule has 106 valence electrons. The number of rotatable bonds is 5. The Morgan fingerprint density at radius 2 is 2.00 bits per heavy atom. The molecule has 0 radical (unpaired) electrons. The number of hydrogen-bond donors (Lipinski definition) is 2. The van der Waals surface area contributed by atoms with Crippen LogP contribution in [0.15, 0.2) is 24.3 Å². The van der Waals surface area contributed by atoms with Gasteiger partial charge in [-0.05, 0) is 12.1 Å². The largest absolute Gasteiger partial charge is 0.491 e. The maximum Gasteiger partial charge on any atom is 0.130 e. The molecule has 0 amide bonds. The van der Waals surface area contributed by atoms with Crippen LogP contribution in [0.5, 0.6) is 5.75 Å². The Hall–Kier alpha value is -1.30. The molecule has 3 N–H and O–H groups in total. The second kappa shape index (κ2) is 7.99. The summed E-state index contributed by atoms with van der Waals surface area (Å²) in [6.45, 7) is 4.98. The van der Waals surface area contributed by atoms with Crippen LogP contribution >= 0.6 is 12.4 Å². The number of amidine groups is 1. The van der Waals surface area contributed by atoms with E-state index in [1.165, 1.54) is 0 Å². The highest BCUT2D eigenvalue weighted by molar-refractivity contribution is 5.97. The van der Waals surface area contributed by atoms with E-state index in [1.54, 1.807) is 6.07 Å². The van der Waals surface area contributed by atoms with Gasteiger partial charge in [-0.25, -0.2) is 0 Å². The topological polar surface area (TPSA) is 71.6 Å². The van der Waals surface area contributed by atoms with Crippen molar-refractivity contribution >= 4 is 18.2 Å². The van der Waals surface area contributed by atoms with Crippen LogP contribution in [0.1, 0.15) is 5.56 Å². The van der Waals surface area contributed by atoms with Crippen LogP contribution in [-0.2, 0) is 4.74 Å². The average molecular weight is 286 g/mol. The zero-order valence-electron chi connectivity index (χ0n) is 10.8. The van der Waals surface area contributed by atoms with Gasteiger partial charge in [0.2, 0.25) is 0 Å². The maximum absolute atomic E-state index is 7.48. The van der Waals surface area contributed by atoms with Crippen molar-refractivity contribution in [3.63, 3.8) is 0 Å². The molecule has 1 heterocycles. The number of benzene rings is 1. The number of nitrogens with zero attached hydrogens (tertiary/aromatic N) is 1. The van der Waals surface area contributed by atoms with Gasteiger partial charge in [-0.2, -0.15) is 0 Å². The molecule has 0 unspecified atom stereocenters. The Balaban J connectivity index is 0.00000180. The molecule has 1 aliphatic heterocycles. The molecule has 0 bridgehead atoms. The molecule has 19 heavy (non-hydrogen) atoms. The number of hydrogen-bond acceptors (Lipinski definition) is 4. The van der Waals surface area contributed by atoms with Crippen molar-refractivity contribution in [3.05, 3.63) is 29.8 Å². The second-order valence-corrected chi connectivity index (χ2v) is 4.21. The van der Waals surface area contributed by atoms with E-state index in [-0.39, 0.29) is 18.2 Å². The molecule has 1 aromatic rings. The Kier molecular flexibility index (Phi) is 6.62. The van der Waals surface area contributed by atoms with Gasteiger partial charge < -0.3 is 15.2 Å². The molecule has 1 aliphatic rings. The molecule has 1 saturated heterocycles. The lowest BCUT2D eigenvalue weighted by atomic mass is 10.2. The summed E-state index contributed by atoms with van der Waals surface area (Å²) in [5.41, 5.74) is 6.16. The second-order valence-electron chi connectivity index (χ2n) is 4.21. The van der Waals surface area contributed by atoms with Gasteiger partial charge in [0.15, 0.2) is 0 Å². The van der Waals surface area contributed by atoms with Crippen LogP contribution in [-0.4, -0.2) is 50.2 Å². The van der Waals surface area contributed by atoms with Crippen molar-refractivity contribution in [2.24, 2.45) is 5.73 Å². The van der Waals surface area contributed by atoms with Crippen LogP contribution in [0.4, 0.5) is 0 Å². The van der Waals surface area contributed by atoms with Crippen molar-refractivity contribution in [1.82, 2.24) is 4.90 Å². The lowest BCUT2D eigenvalue weighted by Gasteiger charge is -2.26. The van der Waals surface area contributed by atoms with E-state index < -0.39 is 0 Å². The van der Waals surface area contributed by atoms with Gasteiger partial charge in [0.1, 0.15) is 18.2 Å². The summed E-state index contributed by atoms with van der Waals surface area (Å²) in [5.74, 6) is 0.718. The summed E-state index contributed by atoms with van der Waals surface area (Å²) < 4.78 is 11.0. The van der Waals surface area contributed by atoms with E-state index in [9.17, 15) is 0 Å². The number of nitrogens with one attached hydrogen (secondary N) is 1. The van der Waals surface area contributed by atoms with Gasteiger partial charge in [0.25, 0.3) is 0 Å². The fraction of sp³-hybridized carbons (Fsp3) is 0.462. The number of morpholine rings is 1. The zero-order chi connectivity index (χ0) is 12.8. The monoisotopic (exact) mass is 285 g/mol. The van der Waals surface area contributed by atoms with Crippen LogP contribution in [0.3, 0.4) is 0 Å². The van der Waals surface area contributed by atoms with E-state index >= 15 is 0 Å². The first-order valence-corrected chi connectivity index (χ1v) is 6.13. The smallest absolute Gasteiger partial charge is 0.130 e. The van der Waals surface area contributed by atoms with Crippen LogP contribution < -0.4 is 10.5 Å². The van der Waals surface area contributed by atoms with E-state index in [4.69, 9.17) is 20.6 Å². The van der Waals surface area contributed by atoms with E-state index in [2.05, 4.69) is 4.90 Å². The Labute approximate surface area is 119 Å². The number of halogens is 1. The highest BCUT2D eigenvalue weighted by Crippen LogP contribution is 2.16. The van der Waals surface area contributed by atoms with Gasteiger partial charge >= 0.3 is 0 Å². The molecular weight excluding hydrogens is 266 g/mol. The first-order valence-electron chi connectivity index (χ1n) is 6.13. The minimum Gasteiger partial charge on any atom is -0.491 e. The fourth-order valence-corrected chi connectivity index (χ4v) is 1.92. The fourth-order valence-electron chi connectivity index (χ4n) is 1.92.